The number of aliphatic hydroxyl groups excluding tert-OH is 1. The van der Waals surface area contributed by atoms with Gasteiger partial charge in [0.1, 0.15) is 23.9 Å². The fourth-order valence-electron chi connectivity index (χ4n) is 4.66. The minimum atomic E-state index is -0.943. The number of ketones is 1. The molecule has 1 atom stereocenters. The Bertz CT molecular complexity index is 1540. The van der Waals surface area contributed by atoms with Gasteiger partial charge in [0.2, 0.25) is 0 Å². The smallest absolute Gasteiger partial charge is 0.296 e. The zero-order valence-corrected chi connectivity index (χ0v) is 21.5. The number of benzene rings is 3. The van der Waals surface area contributed by atoms with Crippen molar-refractivity contribution in [3.05, 3.63) is 119 Å². The number of Topliss-reactive ketones (excluding diaryl/α,β-unsaturated/α-hetero) is 1. The first-order valence-corrected chi connectivity index (χ1v) is 12.3. The number of amides is 1. The number of phenolic OH excluding ortho intramolecular Hbond substituents is 1. The quantitative estimate of drug-likeness (QED) is 0.178. The first-order chi connectivity index (χ1) is 18.9. The maximum absolute atomic E-state index is 13.3. The topological polar surface area (TPSA) is 109 Å². The van der Waals surface area contributed by atoms with E-state index < -0.39 is 17.7 Å². The molecule has 1 aromatic heterocycles. The van der Waals surface area contributed by atoms with Gasteiger partial charge >= 0.3 is 0 Å². The second kappa shape index (κ2) is 10.8. The molecule has 1 fully saturated rings. The molecule has 3 aromatic carbocycles. The summed E-state index contributed by atoms with van der Waals surface area (Å²) in [5, 5.41) is 21.4. The molecular weight excluding hydrogens is 498 g/mol. The van der Waals surface area contributed by atoms with Gasteiger partial charge in [-0.25, -0.2) is 0 Å². The molecule has 198 valence electrons. The first kappa shape index (κ1) is 25.7. The van der Waals surface area contributed by atoms with Crippen LogP contribution in [0.15, 0.2) is 95.1 Å². The van der Waals surface area contributed by atoms with Crippen molar-refractivity contribution < 1.29 is 33.7 Å². The number of methoxy groups -OCH3 is 1. The van der Waals surface area contributed by atoms with E-state index >= 15 is 0 Å². The van der Waals surface area contributed by atoms with E-state index in [9.17, 15) is 19.8 Å². The molecule has 1 unspecified atom stereocenters. The lowest BCUT2D eigenvalue weighted by Crippen LogP contribution is -2.29. The van der Waals surface area contributed by atoms with Gasteiger partial charge in [-0.15, -0.1) is 0 Å². The molecule has 39 heavy (non-hydrogen) atoms. The van der Waals surface area contributed by atoms with Crippen LogP contribution in [0.4, 0.5) is 0 Å². The maximum atomic E-state index is 13.3. The highest BCUT2D eigenvalue weighted by Gasteiger charge is 2.46. The Hall–Kier alpha value is -4.98. The summed E-state index contributed by atoms with van der Waals surface area (Å²) < 4.78 is 16.5. The average Bonchev–Trinajstić information content (AvgIpc) is 3.55. The van der Waals surface area contributed by atoms with Crippen LogP contribution in [0.5, 0.6) is 17.2 Å². The number of aromatic hydroxyl groups is 1. The van der Waals surface area contributed by atoms with Crippen molar-refractivity contribution in [3.8, 4) is 17.2 Å². The molecule has 1 amide bonds. The van der Waals surface area contributed by atoms with Gasteiger partial charge in [0, 0.05) is 5.56 Å². The Morgan fingerprint density at radius 1 is 1.00 bits per heavy atom. The van der Waals surface area contributed by atoms with E-state index in [1.165, 1.54) is 30.4 Å². The van der Waals surface area contributed by atoms with E-state index in [-0.39, 0.29) is 29.4 Å². The summed E-state index contributed by atoms with van der Waals surface area (Å²) in [5.41, 5.74) is 2.93. The van der Waals surface area contributed by atoms with Crippen molar-refractivity contribution in [3.63, 3.8) is 0 Å². The molecule has 0 spiro atoms. The number of nitrogens with zero attached hydrogens (tertiary/aromatic N) is 1. The average molecular weight is 526 g/mol. The molecule has 0 saturated carbocycles. The Labute approximate surface area is 225 Å². The third kappa shape index (κ3) is 5.22. The minimum Gasteiger partial charge on any atom is -0.507 e. The first-order valence-electron chi connectivity index (χ1n) is 12.3. The summed E-state index contributed by atoms with van der Waals surface area (Å²) >= 11 is 0. The number of phenols is 1. The fraction of sp³-hybridized carbons (Fsp3) is 0.161. The number of ether oxygens (including phenoxy) is 2. The number of carbonyl (C=O) groups is 2. The van der Waals surface area contributed by atoms with Crippen molar-refractivity contribution in [2.75, 3.05) is 7.11 Å². The zero-order valence-electron chi connectivity index (χ0n) is 21.5. The monoisotopic (exact) mass is 525 g/mol. The zero-order chi connectivity index (χ0) is 27.5. The van der Waals surface area contributed by atoms with Crippen LogP contribution in [0.1, 0.15) is 34.1 Å². The summed E-state index contributed by atoms with van der Waals surface area (Å²) in [6, 6.07) is 21.6. The SMILES string of the molecule is COc1cc(C2/C(=C(\O)c3ccc(OCc4cccc(C)c4)cc3)C(=O)C(=O)N2Cc2ccco2)ccc1O. The van der Waals surface area contributed by atoms with E-state index in [1.54, 1.807) is 42.5 Å². The van der Waals surface area contributed by atoms with Crippen LogP contribution in [0.3, 0.4) is 0 Å². The summed E-state index contributed by atoms with van der Waals surface area (Å²) in [5.74, 6) is -0.776. The van der Waals surface area contributed by atoms with Gasteiger partial charge in [0.25, 0.3) is 11.7 Å². The molecule has 0 radical (unpaired) electrons. The third-order valence-corrected chi connectivity index (χ3v) is 6.58. The lowest BCUT2D eigenvalue weighted by molar-refractivity contribution is -0.140. The van der Waals surface area contributed by atoms with E-state index in [1.807, 2.05) is 31.2 Å². The molecular formula is C31H27NO7. The lowest BCUT2D eigenvalue weighted by atomic mass is 9.95. The molecule has 1 aliphatic rings. The summed E-state index contributed by atoms with van der Waals surface area (Å²) in [7, 11) is 1.40. The molecule has 1 aliphatic heterocycles. The van der Waals surface area contributed by atoms with Crippen LogP contribution in [-0.2, 0) is 22.7 Å². The predicted molar refractivity (Wildman–Crippen MR) is 143 cm³/mol. The van der Waals surface area contributed by atoms with Gasteiger partial charge < -0.3 is 29.0 Å². The van der Waals surface area contributed by atoms with Crippen molar-refractivity contribution in [2.24, 2.45) is 0 Å². The van der Waals surface area contributed by atoms with Crippen LogP contribution < -0.4 is 9.47 Å². The molecule has 1 saturated heterocycles. The highest BCUT2D eigenvalue weighted by molar-refractivity contribution is 6.46. The lowest BCUT2D eigenvalue weighted by Gasteiger charge is -2.25. The molecule has 2 N–H and O–H groups in total. The van der Waals surface area contributed by atoms with Gasteiger partial charge in [-0.3, -0.25) is 9.59 Å². The number of furan rings is 1. The predicted octanol–water partition coefficient (Wildman–Crippen LogP) is 5.50. The van der Waals surface area contributed by atoms with Gasteiger partial charge in [-0.05, 0) is 66.6 Å². The standard InChI is InChI=1S/C31H27NO7/c1-19-5-3-6-20(15-19)18-39-23-11-8-21(9-12-23)29(34)27-28(22-10-13-25(33)26(16-22)37-2)32(31(36)30(27)35)17-24-7-4-14-38-24/h3-16,28,33-34H,17-18H2,1-2H3/b29-27+. The summed E-state index contributed by atoms with van der Waals surface area (Å²) in [6.45, 7) is 2.41. The van der Waals surface area contributed by atoms with Crippen molar-refractivity contribution in [1.82, 2.24) is 4.90 Å². The second-order valence-electron chi connectivity index (χ2n) is 9.24. The third-order valence-electron chi connectivity index (χ3n) is 6.58. The van der Waals surface area contributed by atoms with Crippen molar-refractivity contribution >= 4 is 17.4 Å². The molecule has 0 bridgehead atoms. The Balaban J connectivity index is 1.49. The highest BCUT2D eigenvalue weighted by atomic mass is 16.5. The largest absolute Gasteiger partial charge is 0.507 e. The normalized spacial score (nSPS) is 16.5. The molecule has 8 heteroatoms. The van der Waals surface area contributed by atoms with E-state index in [0.717, 1.165) is 11.1 Å². The molecule has 4 aromatic rings. The van der Waals surface area contributed by atoms with Crippen LogP contribution in [-0.4, -0.2) is 33.9 Å². The van der Waals surface area contributed by atoms with Crippen LogP contribution in [0, 0.1) is 6.92 Å². The Morgan fingerprint density at radius 3 is 2.49 bits per heavy atom. The number of aryl methyl sites for hydroxylation is 1. The van der Waals surface area contributed by atoms with Gasteiger partial charge in [-0.2, -0.15) is 0 Å². The number of aliphatic hydroxyl groups is 1. The maximum Gasteiger partial charge on any atom is 0.296 e. The number of hydrogen-bond acceptors (Lipinski definition) is 7. The van der Waals surface area contributed by atoms with Crippen LogP contribution >= 0.6 is 0 Å². The second-order valence-corrected chi connectivity index (χ2v) is 9.24. The molecule has 5 rings (SSSR count). The van der Waals surface area contributed by atoms with E-state index in [0.29, 0.717) is 29.2 Å². The molecule has 8 nitrogen and oxygen atoms in total. The highest BCUT2D eigenvalue weighted by Crippen LogP contribution is 2.42. The van der Waals surface area contributed by atoms with Crippen molar-refractivity contribution in [1.29, 1.82) is 0 Å². The minimum absolute atomic E-state index is 0.00789. The summed E-state index contributed by atoms with van der Waals surface area (Å²) in [4.78, 5) is 27.8. The number of hydrogen-bond donors (Lipinski definition) is 2. The molecule has 0 aliphatic carbocycles. The van der Waals surface area contributed by atoms with Gasteiger partial charge in [-0.1, -0.05) is 35.9 Å². The Kier molecular flexibility index (Phi) is 7.10. The van der Waals surface area contributed by atoms with Gasteiger partial charge in [0.05, 0.1) is 31.5 Å². The number of likely N-dealkylation sites (tertiary alicyclic amines) is 1. The Morgan fingerprint density at radius 2 is 1.79 bits per heavy atom. The van der Waals surface area contributed by atoms with Gasteiger partial charge in [0.15, 0.2) is 11.5 Å². The number of rotatable bonds is 8. The van der Waals surface area contributed by atoms with E-state index in [2.05, 4.69) is 0 Å². The van der Waals surface area contributed by atoms with Crippen molar-refractivity contribution in [2.45, 2.75) is 26.1 Å². The van der Waals surface area contributed by atoms with E-state index in [4.69, 9.17) is 13.9 Å². The molecule has 2 heterocycles. The van der Waals surface area contributed by atoms with Crippen LogP contribution in [0.25, 0.3) is 5.76 Å². The van der Waals surface area contributed by atoms with Crippen LogP contribution in [0.2, 0.25) is 0 Å². The summed E-state index contributed by atoms with van der Waals surface area (Å²) in [6.07, 6.45) is 1.48. The fourth-order valence-corrected chi connectivity index (χ4v) is 4.66. The number of carbonyl (C=O) groups excluding carboxylic acids is 2.